The molecule has 124 valence electrons. The van der Waals surface area contributed by atoms with E-state index in [4.69, 9.17) is 0 Å². The van der Waals surface area contributed by atoms with Gasteiger partial charge in [0.1, 0.15) is 0 Å². The van der Waals surface area contributed by atoms with E-state index in [0.717, 1.165) is 39.4 Å². The Morgan fingerprint density at radius 2 is 1.12 bits per heavy atom. The number of aromatic amines is 2. The van der Waals surface area contributed by atoms with Crippen molar-refractivity contribution in [1.29, 1.82) is 0 Å². The van der Waals surface area contributed by atoms with Crippen molar-refractivity contribution in [2.45, 2.75) is 20.3 Å². The van der Waals surface area contributed by atoms with Gasteiger partial charge in [0.2, 0.25) is 11.1 Å². The number of benzene rings is 2. The van der Waals surface area contributed by atoms with Crippen LogP contribution in [-0.2, 0) is 6.42 Å². The van der Waals surface area contributed by atoms with Crippen LogP contribution in [0.4, 0.5) is 0 Å². The Morgan fingerprint density at radius 1 is 0.680 bits per heavy atom. The Kier molecular flexibility index (Phi) is 3.53. The first-order valence-electron chi connectivity index (χ1n) is 8.25. The van der Waals surface area contributed by atoms with Crippen molar-refractivity contribution in [1.82, 2.24) is 9.97 Å². The van der Waals surface area contributed by atoms with E-state index in [1.54, 1.807) is 12.1 Å². The SMILES string of the molecule is Cc1cc(=O)[nH]c2ccc(Cc3ccc4[nH]c(=O)cc(C)c4c3)cc12. The molecule has 0 atom stereocenters. The van der Waals surface area contributed by atoms with Crippen LogP contribution in [0.3, 0.4) is 0 Å². The number of pyridine rings is 2. The van der Waals surface area contributed by atoms with Gasteiger partial charge in [-0.25, -0.2) is 0 Å². The number of H-pyrrole nitrogens is 2. The molecule has 4 aromatic rings. The zero-order valence-electron chi connectivity index (χ0n) is 14.1. The second-order valence-corrected chi connectivity index (χ2v) is 6.57. The standard InChI is InChI=1S/C21H18N2O2/c1-12-7-20(24)22-18-5-3-14(10-16(12)18)9-15-4-6-19-17(11-15)13(2)8-21(25)23-19/h3-8,10-11H,9H2,1-2H3,(H,22,24)(H,23,25). The second-order valence-electron chi connectivity index (χ2n) is 6.57. The molecule has 0 bridgehead atoms. The van der Waals surface area contributed by atoms with Crippen LogP contribution in [0.5, 0.6) is 0 Å². The average molecular weight is 330 g/mol. The van der Waals surface area contributed by atoms with Gasteiger partial charge in [-0.1, -0.05) is 12.1 Å². The fourth-order valence-electron chi connectivity index (χ4n) is 3.40. The molecular formula is C21H18N2O2. The number of hydrogen-bond donors (Lipinski definition) is 2. The molecule has 4 rings (SSSR count). The third-order valence-corrected chi connectivity index (χ3v) is 4.64. The van der Waals surface area contributed by atoms with Gasteiger partial charge in [-0.3, -0.25) is 9.59 Å². The molecule has 0 aliphatic carbocycles. The number of nitrogens with one attached hydrogen (secondary N) is 2. The van der Waals surface area contributed by atoms with Gasteiger partial charge >= 0.3 is 0 Å². The molecule has 0 saturated carbocycles. The van der Waals surface area contributed by atoms with Crippen molar-refractivity contribution >= 4 is 21.8 Å². The summed E-state index contributed by atoms with van der Waals surface area (Å²) in [6.45, 7) is 3.91. The minimum atomic E-state index is -0.0725. The summed E-state index contributed by atoms with van der Waals surface area (Å²) in [7, 11) is 0. The molecule has 4 nitrogen and oxygen atoms in total. The van der Waals surface area contributed by atoms with Crippen LogP contribution in [0.2, 0.25) is 0 Å². The molecule has 25 heavy (non-hydrogen) atoms. The molecule has 0 aliphatic rings. The smallest absolute Gasteiger partial charge is 0.248 e. The van der Waals surface area contributed by atoms with Crippen LogP contribution in [-0.4, -0.2) is 9.97 Å². The third kappa shape index (κ3) is 2.87. The molecule has 2 aromatic heterocycles. The lowest BCUT2D eigenvalue weighted by molar-refractivity contribution is 1.19. The van der Waals surface area contributed by atoms with E-state index >= 15 is 0 Å². The number of hydrogen-bond acceptors (Lipinski definition) is 2. The van der Waals surface area contributed by atoms with Gasteiger partial charge in [0, 0.05) is 33.9 Å². The molecule has 4 heteroatoms. The molecule has 0 spiro atoms. The van der Waals surface area contributed by atoms with Crippen molar-refractivity contribution < 1.29 is 0 Å². The van der Waals surface area contributed by atoms with E-state index in [2.05, 4.69) is 22.1 Å². The fraction of sp³-hybridized carbons (Fsp3) is 0.143. The number of aromatic nitrogens is 2. The summed E-state index contributed by atoms with van der Waals surface area (Å²) in [4.78, 5) is 28.9. The van der Waals surface area contributed by atoms with E-state index in [1.807, 2.05) is 38.1 Å². The number of fused-ring (bicyclic) bond motifs is 2. The summed E-state index contributed by atoms with van der Waals surface area (Å²) >= 11 is 0. The minimum Gasteiger partial charge on any atom is -0.322 e. The quantitative estimate of drug-likeness (QED) is 0.590. The Balaban J connectivity index is 1.77. The lowest BCUT2D eigenvalue weighted by Gasteiger charge is -2.08. The lowest BCUT2D eigenvalue weighted by atomic mass is 9.99. The van der Waals surface area contributed by atoms with Crippen molar-refractivity contribution in [3.05, 3.63) is 91.5 Å². The van der Waals surface area contributed by atoms with Crippen molar-refractivity contribution in [2.24, 2.45) is 0 Å². The highest BCUT2D eigenvalue weighted by Gasteiger charge is 2.05. The van der Waals surface area contributed by atoms with E-state index in [9.17, 15) is 9.59 Å². The lowest BCUT2D eigenvalue weighted by Crippen LogP contribution is -2.05. The molecular weight excluding hydrogens is 312 g/mol. The molecule has 0 amide bonds. The molecule has 0 radical (unpaired) electrons. The topological polar surface area (TPSA) is 65.7 Å². The Morgan fingerprint density at radius 3 is 1.56 bits per heavy atom. The molecule has 0 aliphatic heterocycles. The van der Waals surface area contributed by atoms with Crippen LogP contribution < -0.4 is 11.1 Å². The van der Waals surface area contributed by atoms with Gasteiger partial charge in [-0.15, -0.1) is 0 Å². The summed E-state index contributed by atoms with van der Waals surface area (Å²) in [5.41, 5.74) is 5.91. The molecule has 2 N–H and O–H groups in total. The first kappa shape index (κ1) is 15.4. The van der Waals surface area contributed by atoms with Gasteiger partial charge in [0.15, 0.2) is 0 Å². The van der Waals surface area contributed by atoms with E-state index in [1.165, 1.54) is 11.1 Å². The molecule has 0 saturated heterocycles. The molecule has 2 heterocycles. The third-order valence-electron chi connectivity index (χ3n) is 4.64. The zero-order chi connectivity index (χ0) is 17.6. The van der Waals surface area contributed by atoms with Crippen LogP contribution in [0.1, 0.15) is 22.3 Å². The monoisotopic (exact) mass is 330 g/mol. The Hall–Kier alpha value is -3.14. The molecule has 0 fully saturated rings. The second kappa shape index (κ2) is 5.74. The first-order chi connectivity index (χ1) is 12.0. The minimum absolute atomic E-state index is 0.0725. The first-order valence-corrected chi connectivity index (χ1v) is 8.25. The van der Waals surface area contributed by atoms with Gasteiger partial charge in [0.25, 0.3) is 0 Å². The van der Waals surface area contributed by atoms with Crippen molar-refractivity contribution in [3.8, 4) is 0 Å². The average Bonchev–Trinajstić information content (AvgIpc) is 2.56. The van der Waals surface area contributed by atoms with Crippen LogP contribution >= 0.6 is 0 Å². The molecule has 0 unspecified atom stereocenters. The zero-order valence-corrected chi connectivity index (χ0v) is 14.1. The maximum Gasteiger partial charge on any atom is 0.248 e. The van der Waals surface area contributed by atoms with Crippen LogP contribution in [0, 0.1) is 13.8 Å². The predicted molar refractivity (Wildman–Crippen MR) is 101 cm³/mol. The van der Waals surface area contributed by atoms with E-state index in [0.29, 0.717) is 0 Å². The number of rotatable bonds is 2. The van der Waals surface area contributed by atoms with Crippen molar-refractivity contribution in [3.63, 3.8) is 0 Å². The Labute approximate surface area is 144 Å². The van der Waals surface area contributed by atoms with E-state index in [-0.39, 0.29) is 11.1 Å². The van der Waals surface area contributed by atoms with Crippen LogP contribution in [0.25, 0.3) is 21.8 Å². The Bertz CT molecular complexity index is 1140. The van der Waals surface area contributed by atoms with Gasteiger partial charge in [-0.05, 0) is 66.8 Å². The van der Waals surface area contributed by atoms with E-state index < -0.39 is 0 Å². The normalized spacial score (nSPS) is 11.3. The highest BCUT2D eigenvalue weighted by atomic mass is 16.1. The maximum absolute atomic E-state index is 11.6. The van der Waals surface area contributed by atoms with Crippen molar-refractivity contribution in [2.75, 3.05) is 0 Å². The maximum atomic E-state index is 11.6. The fourth-order valence-corrected chi connectivity index (χ4v) is 3.40. The summed E-state index contributed by atoms with van der Waals surface area (Å²) < 4.78 is 0. The molecule has 2 aromatic carbocycles. The highest BCUT2D eigenvalue weighted by molar-refractivity contribution is 5.83. The highest BCUT2D eigenvalue weighted by Crippen LogP contribution is 2.21. The largest absolute Gasteiger partial charge is 0.322 e. The number of aryl methyl sites for hydroxylation is 2. The van der Waals surface area contributed by atoms with Gasteiger partial charge in [-0.2, -0.15) is 0 Å². The summed E-state index contributed by atoms with van der Waals surface area (Å²) in [5.74, 6) is 0. The predicted octanol–water partition coefficient (Wildman–Crippen LogP) is 3.58. The van der Waals surface area contributed by atoms with Gasteiger partial charge in [0.05, 0.1) is 0 Å². The van der Waals surface area contributed by atoms with Gasteiger partial charge < -0.3 is 9.97 Å². The summed E-state index contributed by atoms with van der Waals surface area (Å²) in [5, 5.41) is 2.14. The summed E-state index contributed by atoms with van der Waals surface area (Å²) in [6.07, 6.45) is 0.795. The van der Waals surface area contributed by atoms with Crippen LogP contribution in [0.15, 0.2) is 58.1 Å². The summed E-state index contributed by atoms with van der Waals surface area (Å²) in [6, 6.07) is 15.5.